The molecule has 1 atom stereocenters. The second-order valence-corrected chi connectivity index (χ2v) is 7.16. The van der Waals surface area contributed by atoms with Gasteiger partial charge in [-0.1, -0.05) is 42.5 Å². The Kier molecular flexibility index (Phi) is 4.51. The molecule has 1 aliphatic rings. The van der Waals surface area contributed by atoms with Gasteiger partial charge in [-0.15, -0.1) is 0 Å². The van der Waals surface area contributed by atoms with Gasteiger partial charge in [0.2, 0.25) is 0 Å². The minimum atomic E-state index is 0.434. The van der Waals surface area contributed by atoms with E-state index in [9.17, 15) is 0 Å². The summed E-state index contributed by atoms with van der Waals surface area (Å²) in [4.78, 5) is 8.83. The molecule has 5 rings (SSSR count). The second-order valence-electron chi connectivity index (χ2n) is 7.16. The molecule has 0 saturated carbocycles. The lowest BCUT2D eigenvalue weighted by molar-refractivity contribution is 0.306. The molecule has 0 bridgehead atoms. The highest BCUT2D eigenvalue weighted by molar-refractivity contribution is 5.93. The zero-order chi connectivity index (χ0) is 18.8. The summed E-state index contributed by atoms with van der Waals surface area (Å²) in [5.74, 6) is 0.863. The summed E-state index contributed by atoms with van der Waals surface area (Å²) in [5, 5.41) is 4.52. The van der Waals surface area contributed by atoms with E-state index >= 15 is 0 Å². The van der Waals surface area contributed by atoms with Crippen molar-refractivity contribution in [1.82, 2.24) is 19.9 Å². The van der Waals surface area contributed by atoms with E-state index in [0.29, 0.717) is 12.6 Å². The molecule has 1 fully saturated rings. The molecule has 2 aromatic heterocycles. The van der Waals surface area contributed by atoms with E-state index in [1.54, 1.807) is 6.33 Å². The molecule has 0 amide bonds. The third-order valence-electron chi connectivity index (χ3n) is 5.32. The van der Waals surface area contributed by atoms with Crippen LogP contribution in [0, 0.1) is 0 Å². The molecular weight excluding hydrogens is 348 g/mol. The molecule has 28 heavy (non-hydrogen) atoms. The fourth-order valence-corrected chi connectivity index (χ4v) is 3.87. The summed E-state index contributed by atoms with van der Waals surface area (Å²) in [5.41, 5.74) is 4.42. The molecule has 1 saturated heterocycles. The van der Waals surface area contributed by atoms with E-state index in [-0.39, 0.29) is 0 Å². The topological polar surface area (TPSA) is 52.0 Å². The van der Waals surface area contributed by atoms with Crippen LogP contribution in [0.3, 0.4) is 0 Å². The number of hydrogen-bond donors (Lipinski definition) is 1. The van der Waals surface area contributed by atoms with Crippen LogP contribution in [0.2, 0.25) is 0 Å². The molecule has 1 aliphatic heterocycles. The molecule has 1 N–H and O–H groups in total. The van der Waals surface area contributed by atoms with Gasteiger partial charge in [0.1, 0.15) is 24.3 Å². The van der Waals surface area contributed by atoms with Gasteiger partial charge in [0, 0.05) is 35.9 Å². The Balaban J connectivity index is 1.48. The lowest BCUT2D eigenvalue weighted by Crippen LogP contribution is -2.12. The summed E-state index contributed by atoms with van der Waals surface area (Å²) >= 11 is 0. The molecule has 4 aromatic rings. The van der Waals surface area contributed by atoms with Crippen LogP contribution in [0.25, 0.3) is 22.2 Å². The normalized spacial score (nSPS) is 16.5. The number of ether oxygens (including phenoxy) is 1. The van der Waals surface area contributed by atoms with Gasteiger partial charge >= 0.3 is 0 Å². The lowest BCUT2D eigenvalue weighted by atomic mass is 10.1. The van der Waals surface area contributed by atoms with Gasteiger partial charge in [0.15, 0.2) is 0 Å². The van der Waals surface area contributed by atoms with Crippen LogP contribution in [0.4, 0.5) is 0 Å². The standard InChI is InChI=1S/C23H22N4O/c1-2-5-17(6-3-1)15-28-20-8-4-7-18(11-20)22-14-27(19-9-10-24-12-19)23-21(22)13-25-16-26-23/h1-8,11,13-14,16,19,24H,9-10,12,15H2. The van der Waals surface area contributed by atoms with Crippen LogP contribution >= 0.6 is 0 Å². The maximum atomic E-state index is 6.02. The SMILES string of the molecule is c1ccc(COc2cccc(-c3cn(C4CCNC4)c4ncncc34)c2)cc1. The lowest BCUT2D eigenvalue weighted by Gasteiger charge is -2.11. The maximum absolute atomic E-state index is 6.02. The fraction of sp³-hybridized carbons (Fsp3) is 0.217. The second kappa shape index (κ2) is 7.44. The number of aromatic nitrogens is 3. The van der Waals surface area contributed by atoms with E-state index in [0.717, 1.165) is 53.0 Å². The highest BCUT2D eigenvalue weighted by Crippen LogP contribution is 2.34. The Labute approximate surface area is 164 Å². The van der Waals surface area contributed by atoms with Gasteiger partial charge in [0.05, 0.1) is 0 Å². The molecule has 3 heterocycles. The van der Waals surface area contributed by atoms with Crippen molar-refractivity contribution in [2.24, 2.45) is 0 Å². The number of fused-ring (bicyclic) bond motifs is 1. The largest absolute Gasteiger partial charge is 0.489 e. The molecule has 140 valence electrons. The minimum Gasteiger partial charge on any atom is -0.489 e. The van der Waals surface area contributed by atoms with Crippen LogP contribution in [0.5, 0.6) is 5.75 Å². The third kappa shape index (κ3) is 3.25. The van der Waals surface area contributed by atoms with Crippen molar-refractivity contribution in [2.75, 3.05) is 13.1 Å². The molecule has 0 spiro atoms. The van der Waals surface area contributed by atoms with Crippen LogP contribution in [-0.2, 0) is 6.61 Å². The zero-order valence-corrected chi connectivity index (χ0v) is 15.6. The van der Waals surface area contributed by atoms with Gasteiger partial charge in [-0.05, 0) is 36.2 Å². The van der Waals surface area contributed by atoms with Gasteiger partial charge in [0.25, 0.3) is 0 Å². The average molecular weight is 370 g/mol. The monoisotopic (exact) mass is 370 g/mol. The van der Waals surface area contributed by atoms with E-state index < -0.39 is 0 Å². The summed E-state index contributed by atoms with van der Waals surface area (Å²) in [6.07, 6.45) is 6.87. The highest BCUT2D eigenvalue weighted by Gasteiger charge is 2.21. The van der Waals surface area contributed by atoms with Crippen LogP contribution in [-0.4, -0.2) is 27.6 Å². The quantitative estimate of drug-likeness (QED) is 0.572. The Bertz CT molecular complexity index is 1080. The van der Waals surface area contributed by atoms with Gasteiger partial charge in [-0.3, -0.25) is 0 Å². The fourth-order valence-electron chi connectivity index (χ4n) is 3.87. The predicted molar refractivity (Wildman–Crippen MR) is 110 cm³/mol. The first-order valence-corrected chi connectivity index (χ1v) is 9.67. The Morgan fingerprint density at radius 3 is 2.89 bits per heavy atom. The zero-order valence-electron chi connectivity index (χ0n) is 15.6. The molecule has 5 heteroatoms. The Morgan fingerprint density at radius 2 is 2.04 bits per heavy atom. The summed E-state index contributed by atoms with van der Waals surface area (Å²) < 4.78 is 8.32. The van der Waals surface area contributed by atoms with Crippen molar-refractivity contribution in [2.45, 2.75) is 19.1 Å². The van der Waals surface area contributed by atoms with Gasteiger partial charge < -0.3 is 14.6 Å². The van der Waals surface area contributed by atoms with E-state index in [4.69, 9.17) is 4.74 Å². The number of rotatable bonds is 5. The van der Waals surface area contributed by atoms with Crippen LogP contribution < -0.4 is 10.1 Å². The van der Waals surface area contributed by atoms with E-state index in [1.165, 1.54) is 0 Å². The molecule has 5 nitrogen and oxygen atoms in total. The summed E-state index contributed by atoms with van der Waals surface area (Å²) in [6.45, 7) is 2.59. The average Bonchev–Trinajstić information content (AvgIpc) is 3.41. The maximum Gasteiger partial charge on any atom is 0.144 e. The van der Waals surface area contributed by atoms with Crippen molar-refractivity contribution < 1.29 is 4.74 Å². The molecule has 0 aliphatic carbocycles. The van der Waals surface area contributed by atoms with Crippen molar-refractivity contribution in [3.63, 3.8) is 0 Å². The molecule has 0 radical (unpaired) electrons. The third-order valence-corrected chi connectivity index (χ3v) is 5.32. The van der Waals surface area contributed by atoms with Gasteiger partial charge in [-0.2, -0.15) is 0 Å². The molecule has 2 aromatic carbocycles. The highest BCUT2D eigenvalue weighted by atomic mass is 16.5. The van der Waals surface area contributed by atoms with Crippen molar-refractivity contribution in [3.05, 3.63) is 78.9 Å². The Morgan fingerprint density at radius 1 is 1.11 bits per heavy atom. The van der Waals surface area contributed by atoms with Crippen molar-refractivity contribution >= 4 is 11.0 Å². The first-order valence-electron chi connectivity index (χ1n) is 9.67. The van der Waals surface area contributed by atoms with Crippen LogP contribution in [0.15, 0.2) is 73.3 Å². The molecule has 1 unspecified atom stereocenters. The van der Waals surface area contributed by atoms with Crippen molar-refractivity contribution in [1.29, 1.82) is 0 Å². The number of benzene rings is 2. The van der Waals surface area contributed by atoms with E-state index in [1.807, 2.05) is 36.5 Å². The summed E-state index contributed by atoms with van der Waals surface area (Å²) in [7, 11) is 0. The Hall–Kier alpha value is -3.18. The van der Waals surface area contributed by atoms with Crippen LogP contribution in [0.1, 0.15) is 18.0 Å². The number of nitrogens with zero attached hydrogens (tertiary/aromatic N) is 3. The first kappa shape index (κ1) is 17.0. The predicted octanol–water partition coefficient (Wildman–Crippen LogP) is 4.21. The van der Waals surface area contributed by atoms with E-state index in [2.05, 4.69) is 50.3 Å². The minimum absolute atomic E-state index is 0.434. The number of hydrogen-bond acceptors (Lipinski definition) is 4. The molecular formula is C23H22N4O. The smallest absolute Gasteiger partial charge is 0.144 e. The number of nitrogens with one attached hydrogen (secondary N) is 1. The van der Waals surface area contributed by atoms with Gasteiger partial charge in [-0.25, -0.2) is 9.97 Å². The summed E-state index contributed by atoms with van der Waals surface area (Å²) in [6, 6.07) is 18.9. The van der Waals surface area contributed by atoms with Crippen molar-refractivity contribution in [3.8, 4) is 16.9 Å². The first-order chi connectivity index (χ1) is 13.9.